The van der Waals surface area contributed by atoms with Crippen LogP contribution in [0.25, 0.3) is 0 Å². The molecule has 1 rings (SSSR count). The van der Waals surface area contributed by atoms with Crippen molar-refractivity contribution in [3.8, 4) is 0 Å². The number of rotatable bonds is 3. The van der Waals surface area contributed by atoms with Gasteiger partial charge in [-0.1, -0.05) is 6.92 Å². The van der Waals surface area contributed by atoms with Gasteiger partial charge in [0.25, 0.3) is 0 Å². The maximum atomic E-state index is 12.0. The molecule has 0 radical (unpaired) electrons. The average Bonchev–Trinajstić information content (AvgIpc) is 2.25. The van der Waals surface area contributed by atoms with Crippen LogP contribution in [-0.2, 0) is 4.74 Å². The minimum absolute atomic E-state index is 0.0908. The van der Waals surface area contributed by atoms with Gasteiger partial charge in [-0.3, -0.25) is 9.47 Å². The summed E-state index contributed by atoms with van der Waals surface area (Å²) in [5.41, 5.74) is -0.630. The topological polar surface area (TPSA) is 51.5 Å². The summed E-state index contributed by atoms with van der Waals surface area (Å²) in [6.45, 7) is 7.96. The molecule has 1 amide bonds. The van der Waals surface area contributed by atoms with Gasteiger partial charge in [0.2, 0.25) is 0 Å². The van der Waals surface area contributed by atoms with Gasteiger partial charge in [-0.25, -0.2) is 9.80 Å². The second-order valence-corrected chi connectivity index (χ2v) is 5.02. The molecule has 0 aliphatic heterocycles. The lowest BCUT2D eigenvalue weighted by Gasteiger charge is -2.28. The van der Waals surface area contributed by atoms with Crippen LogP contribution in [0.4, 0.5) is 4.79 Å². The normalized spacial score (nSPS) is 11.1. The van der Waals surface area contributed by atoms with Crippen molar-refractivity contribution in [2.24, 2.45) is 0 Å². The van der Waals surface area contributed by atoms with Gasteiger partial charge in [0.05, 0.1) is 0 Å². The first-order chi connectivity index (χ1) is 8.33. The lowest BCUT2D eigenvalue weighted by atomic mass is 10.2. The summed E-state index contributed by atoms with van der Waals surface area (Å²) in [4.78, 5) is 23.1. The number of hydrogen-bond donors (Lipinski definition) is 0. The first-order valence-electron chi connectivity index (χ1n) is 6.02. The number of hydrogen-bond acceptors (Lipinski definition) is 3. The van der Waals surface area contributed by atoms with E-state index in [0.29, 0.717) is 6.54 Å². The lowest BCUT2D eigenvalue weighted by Crippen LogP contribution is -2.44. The molecule has 0 aliphatic carbocycles. The fourth-order valence-corrected chi connectivity index (χ4v) is 1.39. The van der Waals surface area contributed by atoms with Crippen LogP contribution < -0.4 is 10.4 Å². The van der Waals surface area contributed by atoms with Crippen molar-refractivity contribution in [2.45, 2.75) is 39.7 Å². The van der Waals surface area contributed by atoms with Gasteiger partial charge < -0.3 is 4.74 Å². The SMILES string of the molecule is CCCN(C(=O)OC(C)(C)C)n1ccc(=O)cc1. The Hall–Kier alpha value is -1.78. The molecule has 5 heteroatoms. The van der Waals surface area contributed by atoms with Crippen LogP contribution in [0.1, 0.15) is 34.1 Å². The van der Waals surface area contributed by atoms with E-state index in [1.54, 1.807) is 17.1 Å². The third-order valence-corrected chi connectivity index (χ3v) is 2.10. The van der Waals surface area contributed by atoms with Crippen molar-refractivity contribution in [3.63, 3.8) is 0 Å². The molecule has 1 aromatic heterocycles. The van der Waals surface area contributed by atoms with Crippen LogP contribution >= 0.6 is 0 Å². The molecule has 0 aromatic carbocycles. The van der Waals surface area contributed by atoms with Crippen LogP contribution in [-0.4, -0.2) is 22.9 Å². The minimum atomic E-state index is -0.540. The highest BCUT2D eigenvalue weighted by atomic mass is 16.6. The van der Waals surface area contributed by atoms with Crippen LogP contribution in [0.5, 0.6) is 0 Å². The molecule has 1 aromatic rings. The molecule has 0 atom stereocenters. The second-order valence-electron chi connectivity index (χ2n) is 5.02. The van der Waals surface area contributed by atoms with E-state index < -0.39 is 11.7 Å². The molecule has 0 fully saturated rings. The second kappa shape index (κ2) is 5.71. The van der Waals surface area contributed by atoms with Gasteiger partial charge in [0.15, 0.2) is 5.43 Å². The highest BCUT2D eigenvalue weighted by molar-refractivity contribution is 5.78. The van der Waals surface area contributed by atoms with E-state index >= 15 is 0 Å². The summed E-state index contributed by atoms with van der Waals surface area (Å²) in [6.07, 6.45) is 3.49. The van der Waals surface area contributed by atoms with Crippen molar-refractivity contribution >= 4 is 6.09 Å². The Labute approximate surface area is 107 Å². The smallest absolute Gasteiger partial charge is 0.429 e. The minimum Gasteiger partial charge on any atom is -0.442 e. The number of carbonyl (C=O) groups excluding carboxylic acids is 1. The Kier molecular flexibility index (Phi) is 4.53. The zero-order chi connectivity index (χ0) is 13.8. The first kappa shape index (κ1) is 14.3. The van der Waals surface area contributed by atoms with Crippen LogP contribution in [0.15, 0.2) is 29.3 Å². The third-order valence-electron chi connectivity index (χ3n) is 2.10. The quantitative estimate of drug-likeness (QED) is 0.828. The largest absolute Gasteiger partial charge is 0.442 e. The summed E-state index contributed by atoms with van der Waals surface area (Å²) < 4.78 is 6.89. The first-order valence-corrected chi connectivity index (χ1v) is 6.02. The van der Waals surface area contributed by atoms with E-state index in [9.17, 15) is 9.59 Å². The van der Waals surface area contributed by atoms with Crippen molar-refractivity contribution in [1.82, 2.24) is 4.68 Å². The van der Waals surface area contributed by atoms with E-state index in [0.717, 1.165) is 6.42 Å². The molecular weight excluding hydrogens is 232 g/mol. The van der Waals surface area contributed by atoms with Gasteiger partial charge in [0, 0.05) is 31.1 Å². The van der Waals surface area contributed by atoms with Crippen LogP contribution in [0.3, 0.4) is 0 Å². The number of carbonyl (C=O) groups is 1. The maximum Gasteiger partial charge on any atom is 0.429 e. The molecule has 1 heterocycles. The lowest BCUT2D eigenvalue weighted by molar-refractivity contribution is 0.0538. The van der Waals surface area contributed by atoms with Crippen LogP contribution in [0, 0.1) is 0 Å². The predicted octanol–water partition coefficient (Wildman–Crippen LogP) is 2.13. The maximum absolute atomic E-state index is 12.0. The monoisotopic (exact) mass is 252 g/mol. The Morgan fingerprint density at radius 2 is 1.89 bits per heavy atom. The van der Waals surface area contributed by atoms with Gasteiger partial charge >= 0.3 is 6.09 Å². The highest BCUT2D eigenvalue weighted by Gasteiger charge is 2.22. The Morgan fingerprint density at radius 1 is 1.33 bits per heavy atom. The van der Waals surface area contributed by atoms with E-state index in [-0.39, 0.29) is 5.43 Å². The fourth-order valence-electron chi connectivity index (χ4n) is 1.39. The van der Waals surface area contributed by atoms with E-state index in [2.05, 4.69) is 0 Å². The van der Waals surface area contributed by atoms with Crippen molar-refractivity contribution in [1.29, 1.82) is 0 Å². The van der Waals surface area contributed by atoms with Gasteiger partial charge in [0.1, 0.15) is 5.60 Å². The molecule has 100 valence electrons. The summed E-state index contributed by atoms with van der Waals surface area (Å²) in [7, 11) is 0. The van der Waals surface area contributed by atoms with Gasteiger partial charge in [-0.05, 0) is 27.2 Å². The molecule has 0 aliphatic rings. The summed E-state index contributed by atoms with van der Waals surface area (Å²) in [5.74, 6) is 0. The Bertz CT molecular complexity index is 440. The number of aromatic nitrogens is 1. The van der Waals surface area contributed by atoms with Gasteiger partial charge in [-0.2, -0.15) is 0 Å². The third kappa shape index (κ3) is 4.24. The molecule has 0 saturated heterocycles. The Morgan fingerprint density at radius 3 is 2.33 bits per heavy atom. The zero-order valence-corrected chi connectivity index (χ0v) is 11.3. The fraction of sp³-hybridized carbons (Fsp3) is 0.538. The van der Waals surface area contributed by atoms with E-state index in [1.807, 2.05) is 27.7 Å². The summed E-state index contributed by atoms with van der Waals surface area (Å²) in [5, 5.41) is 1.46. The van der Waals surface area contributed by atoms with E-state index in [4.69, 9.17) is 4.74 Å². The van der Waals surface area contributed by atoms with Gasteiger partial charge in [-0.15, -0.1) is 0 Å². The number of amides is 1. The zero-order valence-electron chi connectivity index (χ0n) is 11.3. The number of ether oxygens (including phenoxy) is 1. The summed E-state index contributed by atoms with van der Waals surface area (Å²) >= 11 is 0. The predicted molar refractivity (Wildman–Crippen MR) is 70.3 cm³/mol. The molecule has 5 nitrogen and oxygen atoms in total. The van der Waals surface area contributed by atoms with E-state index in [1.165, 1.54) is 17.1 Å². The molecule has 0 spiro atoms. The Balaban J connectivity index is 2.92. The van der Waals surface area contributed by atoms with Crippen molar-refractivity contribution < 1.29 is 9.53 Å². The molecule has 0 bridgehead atoms. The standard InChI is InChI=1S/C13H20N2O3/c1-5-8-15(12(17)18-13(2,3)4)14-9-6-11(16)7-10-14/h6-7,9-10H,5,8H2,1-4H3. The average molecular weight is 252 g/mol. The van der Waals surface area contributed by atoms with Crippen molar-refractivity contribution in [3.05, 3.63) is 34.7 Å². The highest BCUT2D eigenvalue weighted by Crippen LogP contribution is 2.09. The molecular formula is C13H20N2O3. The molecule has 18 heavy (non-hydrogen) atoms. The molecule has 0 saturated carbocycles. The summed E-state index contributed by atoms with van der Waals surface area (Å²) in [6, 6.07) is 2.82. The molecule has 0 unspecified atom stereocenters. The number of pyridine rings is 1. The molecule has 0 N–H and O–H groups in total. The van der Waals surface area contributed by atoms with Crippen molar-refractivity contribution in [2.75, 3.05) is 11.6 Å². The number of nitrogens with zero attached hydrogens (tertiary/aromatic N) is 2. The van der Waals surface area contributed by atoms with Crippen LogP contribution in [0.2, 0.25) is 0 Å².